The van der Waals surface area contributed by atoms with E-state index in [2.05, 4.69) is 10.3 Å². The summed E-state index contributed by atoms with van der Waals surface area (Å²) >= 11 is 0. The van der Waals surface area contributed by atoms with Crippen LogP contribution < -0.4 is 5.32 Å². The number of para-hydroxylation sites is 1. The predicted octanol–water partition coefficient (Wildman–Crippen LogP) is 3.12. The third-order valence-electron chi connectivity index (χ3n) is 3.75. The topological polar surface area (TPSA) is 77.3 Å². The van der Waals surface area contributed by atoms with E-state index >= 15 is 0 Å². The summed E-state index contributed by atoms with van der Waals surface area (Å²) in [5, 5.41) is 15.2. The average molecular weight is 287 g/mol. The van der Waals surface area contributed by atoms with Crippen LogP contribution in [0.4, 0.5) is 11.4 Å². The van der Waals surface area contributed by atoms with Gasteiger partial charge in [-0.15, -0.1) is 0 Å². The summed E-state index contributed by atoms with van der Waals surface area (Å²) in [4.78, 5) is 14.8. The number of fused-ring (bicyclic) bond motifs is 1. The molecule has 110 valence electrons. The fourth-order valence-corrected chi connectivity index (χ4v) is 2.70. The minimum atomic E-state index is -0.397. The molecule has 1 unspecified atom stereocenters. The molecule has 0 aliphatic carbocycles. The number of rotatable bonds is 5. The van der Waals surface area contributed by atoms with Crippen LogP contribution in [0.5, 0.6) is 0 Å². The maximum Gasteiger partial charge on any atom is 0.295 e. The number of nitrogens with zero attached hydrogens (tertiary/aromatic N) is 2. The van der Waals surface area contributed by atoms with Gasteiger partial charge in [-0.05, 0) is 25.3 Å². The van der Waals surface area contributed by atoms with E-state index in [1.807, 2.05) is 12.1 Å². The first-order chi connectivity index (χ1) is 10.3. The van der Waals surface area contributed by atoms with Gasteiger partial charge in [-0.3, -0.25) is 10.1 Å². The monoisotopic (exact) mass is 287 g/mol. The first-order valence-electron chi connectivity index (χ1n) is 7.13. The van der Waals surface area contributed by atoms with Gasteiger partial charge in [-0.1, -0.05) is 12.1 Å². The van der Waals surface area contributed by atoms with E-state index in [0.29, 0.717) is 11.6 Å². The molecule has 1 saturated heterocycles. The third kappa shape index (κ3) is 2.95. The van der Waals surface area contributed by atoms with Crippen molar-refractivity contribution in [3.05, 3.63) is 40.6 Å². The van der Waals surface area contributed by atoms with Crippen molar-refractivity contribution < 1.29 is 9.66 Å². The molecule has 0 bridgehead atoms. The van der Waals surface area contributed by atoms with Gasteiger partial charge >= 0.3 is 0 Å². The van der Waals surface area contributed by atoms with Gasteiger partial charge in [0.15, 0.2) is 0 Å². The van der Waals surface area contributed by atoms with Gasteiger partial charge in [-0.25, -0.2) is 4.98 Å². The molecule has 0 saturated carbocycles. The highest BCUT2D eigenvalue weighted by Gasteiger charge is 2.16. The van der Waals surface area contributed by atoms with Gasteiger partial charge in [0.05, 0.1) is 11.0 Å². The summed E-state index contributed by atoms with van der Waals surface area (Å²) in [5.74, 6) is 0. The van der Waals surface area contributed by atoms with Crippen LogP contribution in [-0.4, -0.2) is 29.2 Å². The Balaban J connectivity index is 1.78. The Hall–Kier alpha value is -2.21. The van der Waals surface area contributed by atoms with Gasteiger partial charge in [0.2, 0.25) is 0 Å². The van der Waals surface area contributed by atoms with Gasteiger partial charge in [0.25, 0.3) is 5.69 Å². The second kappa shape index (κ2) is 6.05. The Bertz CT molecular complexity index is 654. The zero-order valence-corrected chi connectivity index (χ0v) is 11.6. The first-order valence-corrected chi connectivity index (χ1v) is 7.13. The molecule has 2 heterocycles. The van der Waals surface area contributed by atoms with Crippen molar-refractivity contribution in [3.63, 3.8) is 0 Å². The molecular formula is C15H17N3O3. The van der Waals surface area contributed by atoms with Gasteiger partial charge in [-0.2, -0.15) is 0 Å². The smallest absolute Gasteiger partial charge is 0.295 e. The van der Waals surface area contributed by atoms with Crippen molar-refractivity contribution in [1.82, 2.24) is 4.98 Å². The Kier molecular flexibility index (Phi) is 3.96. The normalized spacial score (nSPS) is 18.0. The van der Waals surface area contributed by atoms with E-state index < -0.39 is 4.92 Å². The van der Waals surface area contributed by atoms with Gasteiger partial charge in [0.1, 0.15) is 5.52 Å². The van der Waals surface area contributed by atoms with Crippen LogP contribution in [-0.2, 0) is 4.74 Å². The fraction of sp³-hybridized carbons (Fsp3) is 0.400. The molecule has 6 heteroatoms. The molecule has 1 aromatic carbocycles. The van der Waals surface area contributed by atoms with E-state index in [0.717, 1.165) is 43.5 Å². The molecule has 1 atom stereocenters. The molecule has 1 aliphatic rings. The Labute approximate surface area is 122 Å². The number of pyridine rings is 1. The highest BCUT2D eigenvalue weighted by atomic mass is 16.6. The van der Waals surface area contributed by atoms with Crippen LogP contribution in [0, 0.1) is 10.1 Å². The van der Waals surface area contributed by atoms with Gasteiger partial charge in [0, 0.05) is 36.5 Å². The average Bonchev–Trinajstić information content (AvgIpc) is 3.00. The summed E-state index contributed by atoms with van der Waals surface area (Å²) in [6.07, 6.45) is 5.13. The van der Waals surface area contributed by atoms with E-state index in [-0.39, 0.29) is 5.69 Å². The number of hydrogen-bond acceptors (Lipinski definition) is 5. The molecule has 1 fully saturated rings. The standard InChI is InChI=1S/C15H17N3O3/c19-18(20)14-5-1-4-12-13(7-9-17-15(12)14)16-8-6-11-3-2-10-21-11/h1,4-5,7,9,11H,2-3,6,8,10H2,(H,16,17). The lowest BCUT2D eigenvalue weighted by Gasteiger charge is -2.12. The fourth-order valence-electron chi connectivity index (χ4n) is 2.70. The molecule has 21 heavy (non-hydrogen) atoms. The van der Waals surface area contributed by atoms with Crippen molar-refractivity contribution >= 4 is 22.3 Å². The number of ether oxygens (including phenoxy) is 1. The van der Waals surface area contributed by atoms with Crippen LogP contribution >= 0.6 is 0 Å². The Morgan fingerprint density at radius 3 is 3.10 bits per heavy atom. The number of non-ortho nitro benzene ring substituents is 1. The maximum atomic E-state index is 11.0. The summed E-state index contributed by atoms with van der Waals surface area (Å²) in [5.41, 5.74) is 1.33. The lowest BCUT2D eigenvalue weighted by molar-refractivity contribution is -0.383. The van der Waals surface area contributed by atoms with E-state index in [1.165, 1.54) is 6.07 Å². The van der Waals surface area contributed by atoms with E-state index in [1.54, 1.807) is 12.3 Å². The third-order valence-corrected chi connectivity index (χ3v) is 3.75. The Morgan fingerprint density at radius 1 is 1.43 bits per heavy atom. The number of hydrogen-bond donors (Lipinski definition) is 1. The quantitative estimate of drug-likeness (QED) is 0.675. The van der Waals surface area contributed by atoms with Crippen molar-refractivity contribution in [2.45, 2.75) is 25.4 Å². The number of aromatic nitrogens is 1. The highest BCUT2D eigenvalue weighted by Crippen LogP contribution is 2.28. The molecule has 0 amide bonds. The van der Waals surface area contributed by atoms with Crippen molar-refractivity contribution in [1.29, 1.82) is 0 Å². The lowest BCUT2D eigenvalue weighted by Crippen LogP contribution is -2.12. The van der Waals surface area contributed by atoms with Crippen LogP contribution in [0.1, 0.15) is 19.3 Å². The predicted molar refractivity (Wildman–Crippen MR) is 80.5 cm³/mol. The van der Waals surface area contributed by atoms with Crippen LogP contribution in [0.3, 0.4) is 0 Å². The van der Waals surface area contributed by atoms with E-state index in [9.17, 15) is 10.1 Å². The van der Waals surface area contributed by atoms with Crippen molar-refractivity contribution in [2.75, 3.05) is 18.5 Å². The molecule has 1 aliphatic heterocycles. The van der Waals surface area contributed by atoms with E-state index in [4.69, 9.17) is 4.74 Å². The molecule has 0 radical (unpaired) electrons. The summed E-state index contributed by atoms with van der Waals surface area (Å²) in [6, 6.07) is 6.87. The number of nitro benzene ring substituents is 1. The largest absolute Gasteiger partial charge is 0.384 e. The molecule has 3 rings (SSSR count). The molecule has 6 nitrogen and oxygen atoms in total. The Morgan fingerprint density at radius 2 is 2.33 bits per heavy atom. The molecular weight excluding hydrogens is 270 g/mol. The number of nitrogens with one attached hydrogen (secondary N) is 1. The minimum absolute atomic E-state index is 0.0373. The summed E-state index contributed by atoms with van der Waals surface area (Å²) in [7, 11) is 0. The molecule has 2 aromatic rings. The number of benzene rings is 1. The minimum Gasteiger partial charge on any atom is -0.384 e. The summed E-state index contributed by atoms with van der Waals surface area (Å²) < 4.78 is 5.59. The lowest BCUT2D eigenvalue weighted by atomic mass is 10.1. The molecule has 1 aromatic heterocycles. The zero-order valence-electron chi connectivity index (χ0n) is 11.6. The number of nitro groups is 1. The van der Waals surface area contributed by atoms with Crippen LogP contribution in [0.25, 0.3) is 10.9 Å². The van der Waals surface area contributed by atoms with Crippen LogP contribution in [0.2, 0.25) is 0 Å². The second-order valence-electron chi connectivity index (χ2n) is 5.14. The number of anilines is 1. The van der Waals surface area contributed by atoms with Gasteiger partial charge < -0.3 is 10.1 Å². The first kappa shape index (κ1) is 13.8. The zero-order chi connectivity index (χ0) is 14.7. The highest BCUT2D eigenvalue weighted by molar-refractivity contribution is 5.96. The van der Waals surface area contributed by atoms with Crippen LogP contribution in [0.15, 0.2) is 30.5 Å². The van der Waals surface area contributed by atoms with Crippen molar-refractivity contribution in [2.24, 2.45) is 0 Å². The molecule has 1 N–H and O–H groups in total. The second-order valence-corrected chi connectivity index (χ2v) is 5.14. The summed E-state index contributed by atoms with van der Waals surface area (Å²) in [6.45, 7) is 1.64. The van der Waals surface area contributed by atoms with Crippen molar-refractivity contribution in [3.8, 4) is 0 Å². The molecule has 0 spiro atoms. The maximum absolute atomic E-state index is 11.0. The SMILES string of the molecule is O=[N+]([O-])c1cccc2c(NCCC3CCCO3)ccnc12.